The van der Waals surface area contributed by atoms with E-state index in [1.165, 1.54) is 0 Å². The molecule has 0 heterocycles. The maximum absolute atomic E-state index is 10.9. The van der Waals surface area contributed by atoms with Gasteiger partial charge in [0.25, 0.3) is 0 Å². The van der Waals surface area contributed by atoms with Crippen molar-refractivity contribution in [3.05, 3.63) is 0 Å². The number of ether oxygens (including phenoxy) is 4. The van der Waals surface area contributed by atoms with Gasteiger partial charge < -0.3 is 18.9 Å². The Bertz CT molecular complexity index is 267. The zero-order valence-electron chi connectivity index (χ0n) is 14.1. The van der Waals surface area contributed by atoms with Crippen LogP contribution in [0.15, 0.2) is 0 Å². The van der Waals surface area contributed by atoms with Crippen LogP contribution in [0.1, 0.15) is 48.0 Å². The zero-order chi connectivity index (χ0) is 16.7. The standard InChI is InChI=1S/C8H16O3.C7H14O3/c1-4-6-11-8(9)7(3)10-5-2;1-4-9-6(3)7(8)10-5-2/h7H,4-6H2,1-3H3;6H,4-5H2,1-3H3. The summed E-state index contributed by atoms with van der Waals surface area (Å²) >= 11 is 0. The number of carbonyl (C=O) groups is 2. The van der Waals surface area contributed by atoms with Crippen LogP contribution in [0, 0.1) is 0 Å². The highest BCUT2D eigenvalue weighted by molar-refractivity contribution is 5.74. The molecular formula is C15H30O6. The average molecular weight is 306 g/mol. The smallest absolute Gasteiger partial charge is 0.334 e. The first-order valence-corrected chi connectivity index (χ1v) is 7.50. The Hall–Kier alpha value is -1.14. The zero-order valence-corrected chi connectivity index (χ0v) is 14.1. The van der Waals surface area contributed by atoms with Gasteiger partial charge in [0.2, 0.25) is 0 Å². The molecule has 0 amide bonds. The Labute approximate surface area is 128 Å². The van der Waals surface area contributed by atoms with E-state index in [0.29, 0.717) is 26.4 Å². The molecule has 0 aliphatic heterocycles. The fourth-order valence-corrected chi connectivity index (χ4v) is 1.22. The third-order valence-corrected chi connectivity index (χ3v) is 2.23. The molecule has 0 aromatic rings. The molecule has 2 atom stereocenters. The van der Waals surface area contributed by atoms with E-state index in [0.717, 1.165) is 6.42 Å². The van der Waals surface area contributed by atoms with E-state index in [1.54, 1.807) is 20.8 Å². The number of esters is 2. The summed E-state index contributed by atoms with van der Waals surface area (Å²) in [7, 11) is 0. The van der Waals surface area contributed by atoms with E-state index in [-0.39, 0.29) is 11.9 Å². The van der Waals surface area contributed by atoms with Crippen LogP contribution in [-0.2, 0) is 28.5 Å². The second-order valence-corrected chi connectivity index (χ2v) is 4.11. The van der Waals surface area contributed by atoms with Gasteiger partial charge in [-0.3, -0.25) is 0 Å². The first-order valence-electron chi connectivity index (χ1n) is 7.50. The highest BCUT2D eigenvalue weighted by Gasteiger charge is 2.13. The van der Waals surface area contributed by atoms with Crippen LogP contribution >= 0.6 is 0 Å². The molecule has 0 aliphatic rings. The van der Waals surface area contributed by atoms with E-state index in [2.05, 4.69) is 0 Å². The summed E-state index contributed by atoms with van der Waals surface area (Å²) in [5.41, 5.74) is 0. The Morgan fingerprint density at radius 2 is 1.19 bits per heavy atom. The van der Waals surface area contributed by atoms with Crippen molar-refractivity contribution in [1.82, 2.24) is 0 Å². The second kappa shape index (κ2) is 15.3. The molecule has 2 unspecified atom stereocenters. The molecule has 21 heavy (non-hydrogen) atoms. The van der Waals surface area contributed by atoms with Gasteiger partial charge in [-0.2, -0.15) is 0 Å². The highest BCUT2D eigenvalue weighted by Crippen LogP contribution is 1.95. The lowest BCUT2D eigenvalue weighted by molar-refractivity contribution is -0.156. The van der Waals surface area contributed by atoms with Crippen molar-refractivity contribution in [2.24, 2.45) is 0 Å². The molecule has 0 aromatic heterocycles. The summed E-state index contributed by atoms with van der Waals surface area (Å²) in [4.78, 5) is 21.7. The van der Waals surface area contributed by atoms with Crippen LogP contribution in [0.3, 0.4) is 0 Å². The molecule has 0 saturated carbocycles. The van der Waals surface area contributed by atoms with Gasteiger partial charge in [-0.1, -0.05) is 6.92 Å². The molecule has 0 aromatic carbocycles. The topological polar surface area (TPSA) is 71.1 Å². The fourth-order valence-electron chi connectivity index (χ4n) is 1.22. The maximum atomic E-state index is 10.9. The molecule has 6 nitrogen and oxygen atoms in total. The lowest BCUT2D eigenvalue weighted by atomic mass is 10.4. The number of carbonyl (C=O) groups excluding carboxylic acids is 2. The second-order valence-electron chi connectivity index (χ2n) is 4.11. The van der Waals surface area contributed by atoms with E-state index in [4.69, 9.17) is 18.9 Å². The Balaban J connectivity index is 0. The van der Waals surface area contributed by atoms with E-state index in [9.17, 15) is 9.59 Å². The summed E-state index contributed by atoms with van der Waals surface area (Å²) in [5.74, 6) is -0.557. The minimum Gasteiger partial charge on any atom is -0.464 e. The van der Waals surface area contributed by atoms with Gasteiger partial charge in [0.1, 0.15) is 0 Å². The maximum Gasteiger partial charge on any atom is 0.334 e. The molecule has 0 saturated heterocycles. The van der Waals surface area contributed by atoms with Crippen LogP contribution in [0.4, 0.5) is 0 Å². The van der Waals surface area contributed by atoms with E-state index < -0.39 is 12.2 Å². The average Bonchev–Trinajstić information content (AvgIpc) is 2.46. The lowest BCUT2D eigenvalue weighted by Crippen LogP contribution is -2.23. The molecule has 0 spiro atoms. The molecule has 0 radical (unpaired) electrons. The minimum absolute atomic E-state index is 0.270. The van der Waals surface area contributed by atoms with Crippen molar-refractivity contribution in [2.45, 2.75) is 60.2 Å². The Morgan fingerprint density at radius 3 is 1.52 bits per heavy atom. The number of hydrogen-bond donors (Lipinski definition) is 0. The third-order valence-electron chi connectivity index (χ3n) is 2.23. The summed E-state index contributed by atoms with van der Waals surface area (Å²) in [6.07, 6.45) is 0.00131. The van der Waals surface area contributed by atoms with Crippen LogP contribution < -0.4 is 0 Å². The normalized spacial score (nSPS) is 12.7. The summed E-state index contributed by atoms with van der Waals surface area (Å²) in [6, 6.07) is 0. The van der Waals surface area contributed by atoms with Crippen LogP contribution in [-0.4, -0.2) is 50.6 Å². The van der Waals surface area contributed by atoms with Crippen molar-refractivity contribution >= 4 is 11.9 Å². The van der Waals surface area contributed by atoms with Crippen molar-refractivity contribution < 1.29 is 28.5 Å². The van der Waals surface area contributed by atoms with Crippen molar-refractivity contribution in [3.8, 4) is 0 Å². The van der Waals surface area contributed by atoms with Gasteiger partial charge in [0.15, 0.2) is 12.2 Å². The summed E-state index contributed by atoms with van der Waals surface area (Å²) < 4.78 is 19.5. The summed E-state index contributed by atoms with van der Waals surface area (Å²) in [5, 5.41) is 0. The first-order chi connectivity index (χ1) is 9.94. The predicted octanol–water partition coefficient (Wildman–Crippen LogP) is 2.34. The van der Waals surface area contributed by atoms with Crippen LogP contribution in [0.25, 0.3) is 0 Å². The van der Waals surface area contributed by atoms with Crippen molar-refractivity contribution in [3.63, 3.8) is 0 Å². The van der Waals surface area contributed by atoms with Crippen molar-refractivity contribution in [1.29, 1.82) is 0 Å². The quantitative estimate of drug-likeness (QED) is 0.609. The van der Waals surface area contributed by atoms with E-state index >= 15 is 0 Å². The van der Waals surface area contributed by atoms with Gasteiger partial charge >= 0.3 is 11.9 Å². The molecule has 0 N–H and O–H groups in total. The van der Waals surface area contributed by atoms with Gasteiger partial charge in [-0.25, -0.2) is 9.59 Å². The number of hydrogen-bond acceptors (Lipinski definition) is 6. The largest absolute Gasteiger partial charge is 0.464 e. The van der Waals surface area contributed by atoms with Crippen LogP contribution in [0.5, 0.6) is 0 Å². The van der Waals surface area contributed by atoms with Gasteiger partial charge in [0, 0.05) is 13.2 Å². The van der Waals surface area contributed by atoms with Crippen molar-refractivity contribution in [2.75, 3.05) is 26.4 Å². The van der Waals surface area contributed by atoms with Gasteiger partial charge in [0.05, 0.1) is 13.2 Å². The predicted molar refractivity (Wildman–Crippen MR) is 80.1 cm³/mol. The monoisotopic (exact) mass is 306 g/mol. The van der Waals surface area contributed by atoms with Gasteiger partial charge in [-0.15, -0.1) is 0 Å². The Morgan fingerprint density at radius 1 is 0.762 bits per heavy atom. The van der Waals surface area contributed by atoms with E-state index in [1.807, 2.05) is 20.8 Å². The Kier molecular flexibility index (Phi) is 16.1. The van der Waals surface area contributed by atoms with Crippen LogP contribution in [0.2, 0.25) is 0 Å². The third kappa shape index (κ3) is 13.6. The minimum atomic E-state index is -0.426. The lowest BCUT2D eigenvalue weighted by Gasteiger charge is -2.09. The molecule has 0 aliphatic carbocycles. The fraction of sp³-hybridized carbons (Fsp3) is 0.867. The first kappa shape index (κ1) is 22.1. The highest BCUT2D eigenvalue weighted by atomic mass is 16.6. The molecule has 126 valence electrons. The number of rotatable bonds is 9. The molecule has 0 fully saturated rings. The van der Waals surface area contributed by atoms with Gasteiger partial charge in [-0.05, 0) is 41.0 Å². The molecule has 0 bridgehead atoms. The molecular weight excluding hydrogens is 276 g/mol. The molecule has 6 heteroatoms. The SMILES string of the molecule is CCCOC(=O)C(C)OCC.CCOC(=O)C(C)OCC. The summed E-state index contributed by atoms with van der Waals surface area (Å²) in [6.45, 7) is 12.8. The molecule has 0 rings (SSSR count).